The number of rotatable bonds is 2. The highest BCUT2D eigenvalue weighted by atomic mass is 16.4. The molecule has 0 aliphatic rings. The molecule has 14 heavy (non-hydrogen) atoms. The van der Waals surface area contributed by atoms with Gasteiger partial charge in [0.25, 0.3) is 0 Å². The number of nitrogens with zero attached hydrogens (tertiary/aromatic N) is 1. The van der Waals surface area contributed by atoms with Gasteiger partial charge in [-0.1, -0.05) is 0 Å². The van der Waals surface area contributed by atoms with Crippen molar-refractivity contribution in [1.82, 2.24) is 4.98 Å². The van der Waals surface area contributed by atoms with Gasteiger partial charge in [0.2, 0.25) is 5.89 Å². The average Bonchev–Trinajstić information content (AvgIpc) is 2.67. The summed E-state index contributed by atoms with van der Waals surface area (Å²) in [5.74, 6) is 1.39. The van der Waals surface area contributed by atoms with E-state index in [0.717, 1.165) is 5.56 Å². The fourth-order valence-corrected chi connectivity index (χ4v) is 1.14. The number of hydrogen-bond donors (Lipinski definition) is 2. The molecule has 1 aromatic heterocycles. The highest BCUT2D eigenvalue weighted by Crippen LogP contribution is 2.21. The standard InChI is InChI=1S/C10H10N2O2/c11-5-9-6-12-10(14-9)7-1-3-8(13)4-2-7/h1-4,6,13H,5,11H2. The lowest BCUT2D eigenvalue weighted by Crippen LogP contribution is -1.92. The quantitative estimate of drug-likeness (QED) is 0.752. The largest absolute Gasteiger partial charge is 0.508 e. The van der Waals surface area contributed by atoms with Crippen LogP contribution in [-0.2, 0) is 6.54 Å². The normalized spacial score (nSPS) is 10.4. The number of oxazole rings is 1. The van der Waals surface area contributed by atoms with Crippen molar-refractivity contribution in [3.63, 3.8) is 0 Å². The van der Waals surface area contributed by atoms with E-state index in [4.69, 9.17) is 15.3 Å². The van der Waals surface area contributed by atoms with Gasteiger partial charge in [0.05, 0.1) is 12.7 Å². The molecule has 0 saturated heterocycles. The molecular formula is C10H10N2O2. The lowest BCUT2D eigenvalue weighted by Gasteiger charge is -1.95. The predicted molar refractivity (Wildman–Crippen MR) is 51.5 cm³/mol. The van der Waals surface area contributed by atoms with Crippen molar-refractivity contribution in [3.8, 4) is 17.2 Å². The molecule has 2 aromatic rings. The van der Waals surface area contributed by atoms with E-state index in [1.54, 1.807) is 30.5 Å². The van der Waals surface area contributed by atoms with Crippen LogP contribution in [0.4, 0.5) is 0 Å². The Morgan fingerprint density at radius 2 is 2.00 bits per heavy atom. The van der Waals surface area contributed by atoms with Crippen LogP contribution < -0.4 is 5.73 Å². The smallest absolute Gasteiger partial charge is 0.226 e. The van der Waals surface area contributed by atoms with Gasteiger partial charge < -0.3 is 15.3 Å². The molecule has 3 N–H and O–H groups in total. The third-order valence-corrected chi connectivity index (χ3v) is 1.87. The molecule has 4 nitrogen and oxygen atoms in total. The maximum Gasteiger partial charge on any atom is 0.226 e. The molecule has 0 bridgehead atoms. The molecule has 1 heterocycles. The van der Waals surface area contributed by atoms with Crippen LogP contribution in [0.15, 0.2) is 34.9 Å². The summed E-state index contributed by atoms with van der Waals surface area (Å²) in [5, 5.41) is 9.08. The summed E-state index contributed by atoms with van der Waals surface area (Å²) in [5.41, 5.74) is 6.21. The van der Waals surface area contributed by atoms with Gasteiger partial charge in [-0.2, -0.15) is 0 Å². The Bertz CT molecular complexity index is 420. The van der Waals surface area contributed by atoms with Gasteiger partial charge in [-0.25, -0.2) is 4.98 Å². The number of hydrogen-bond acceptors (Lipinski definition) is 4. The van der Waals surface area contributed by atoms with Crippen molar-refractivity contribution in [2.45, 2.75) is 6.54 Å². The Morgan fingerprint density at radius 3 is 2.57 bits per heavy atom. The van der Waals surface area contributed by atoms with E-state index in [0.29, 0.717) is 18.2 Å². The molecule has 0 aliphatic heterocycles. The Labute approximate surface area is 81.0 Å². The van der Waals surface area contributed by atoms with Crippen LogP contribution in [0, 0.1) is 0 Å². The SMILES string of the molecule is NCc1cnc(-c2ccc(O)cc2)o1. The molecule has 1 aromatic carbocycles. The lowest BCUT2D eigenvalue weighted by molar-refractivity contribution is 0.475. The van der Waals surface area contributed by atoms with E-state index >= 15 is 0 Å². The molecule has 0 fully saturated rings. The average molecular weight is 190 g/mol. The van der Waals surface area contributed by atoms with Crippen LogP contribution in [0.3, 0.4) is 0 Å². The monoisotopic (exact) mass is 190 g/mol. The first-order valence-electron chi connectivity index (χ1n) is 4.24. The van der Waals surface area contributed by atoms with E-state index in [1.807, 2.05) is 0 Å². The van der Waals surface area contributed by atoms with Gasteiger partial charge >= 0.3 is 0 Å². The van der Waals surface area contributed by atoms with Crippen molar-refractivity contribution < 1.29 is 9.52 Å². The van der Waals surface area contributed by atoms with Crippen molar-refractivity contribution in [1.29, 1.82) is 0 Å². The molecule has 4 heteroatoms. The summed E-state index contributed by atoms with van der Waals surface area (Å²) >= 11 is 0. The van der Waals surface area contributed by atoms with Gasteiger partial charge in [0.15, 0.2) is 0 Å². The van der Waals surface area contributed by atoms with Crippen molar-refractivity contribution in [2.24, 2.45) is 5.73 Å². The first-order valence-corrected chi connectivity index (χ1v) is 4.24. The van der Waals surface area contributed by atoms with Crippen LogP contribution in [0.25, 0.3) is 11.5 Å². The van der Waals surface area contributed by atoms with Gasteiger partial charge in [0.1, 0.15) is 11.5 Å². The van der Waals surface area contributed by atoms with Crippen molar-refractivity contribution >= 4 is 0 Å². The summed E-state index contributed by atoms with van der Waals surface area (Å²) in [6.07, 6.45) is 1.60. The Morgan fingerprint density at radius 1 is 1.29 bits per heavy atom. The summed E-state index contributed by atoms with van der Waals surface area (Å²) in [4.78, 5) is 4.06. The third kappa shape index (κ3) is 1.60. The number of benzene rings is 1. The van der Waals surface area contributed by atoms with Crippen LogP contribution >= 0.6 is 0 Å². The van der Waals surface area contributed by atoms with E-state index in [1.165, 1.54) is 0 Å². The fraction of sp³-hybridized carbons (Fsp3) is 0.100. The predicted octanol–water partition coefficient (Wildman–Crippen LogP) is 1.51. The van der Waals surface area contributed by atoms with Crippen molar-refractivity contribution in [2.75, 3.05) is 0 Å². The molecule has 0 unspecified atom stereocenters. The lowest BCUT2D eigenvalue weighted by atomic mass is 10.2. The number of phenolic OH excluding ortho intramolecular Hbond substituents is 1. The summed E-state index contributed by atoms with van der Waals surface area (Å²) in [6.45, 7) is 0.338. The van der Waals surface area contributed by atoms with E-state index in [-0.39, 0.29) is 5.75 Å². The number of aromatic hydroxyl groups is 1. The van der Waals surface area contributed by atoms with Crippen LogP contribution in [0.1, 0.15) is 5.76 Å². The molecule has 2 rings (SSSR count). The fourth-order valence-electron chi connectivity index (χ4n) is 1.14. The number of nitrogens with two attached hydrogens (primary N) is 1. The molecule has 0 saturated carbocycles. The molecule has 0 spiro atoms. The first kappa shape index (κ1) is 8.77. The Balaban J connectivity index is 2.34. The van der Waals surface area contributed by atoms with Crippen LogP contribution in [0.5, 0.6) is 5.75 Å². The van der Waals surface area contributed by atoms with E-state index < -0.39 is 0 Å². The summed E-state index contributed by atoms with van der Waals surface area (Å²) in [6, 6.07) is 6.65. The van der Waals surface area contributed by atoms with Gasteiger partial charge in [-0.3, -0.25) is 0 Å². The second-order valence-corrected chi connectivity index (χ2v) is 2.88. The van der Waals surface area contributed by atoms with E-state index in [9.17, 15) is 0 Å². The second-order valence-electron chi connectivity index (χ2n) is 2.88. The third-order valence-electron chi connectivity index (χ3n) is 1.87. The van der Waals surface area contributed by atoms with E-state index in [2.05, 4.69) is 4.98 Å². The molecule has 72 valence electrons. The molecule has 0 radical (unpaired) electrons. The maximum atomic E-state index is 9.08. The minimum atomic E-state index is 0.222. The van der Waals surface area contributed by atoms with Crippen molar-refractivity contribution in [3.05, 3.63) is 36.2 Å². The van der Waals surface area contributed by atoms with Crippen LogP contribution in [-0.4, -0.2) is 10.1 Å². The zero-order valence-corrected chi connectivity index (χ0v) is 7.47. The molecular weight excluding hydrogens is 180 g/mol. The molecule has 0 aliphatic carbocycles. The van der Waals surface area contributed by atoms with Crippen LogP contribution in [0.2, 0.25) is 0 Å². The molecule has 0 atom stereocenters. The highest BCUT2D eigenvalue weighted by molar-refractivity contribution is 5.54. The topological polar surface area (TPSA) is 72.3 Å². The summed E-state index contributed by atoms with van der Waals surface area (Å²) < 4.78 is 5.34. The molecule has 0 amide bonds. The minimum absolute atomic E-state index is 0.222. The Kier molecular flexibility index (Phi) is 2.20. The first-order chi connectivity index (χ1) is 6.79. The number of phenols is 1. The minimum Gasteiger partial charge on any atom is -0.508 e. The van der Waals surface area contributed by atoms with Gasteiger partial charge in [-0.05, 0) is 24.3 Å². The van der Waals surface area contributed by atoms with Gasteiger partial charge in [0, 0.05) is 5.56 Å². The zero-order chi connectivity index (χ0) is 9.97. The highest BCUT2D eigenvalue weighted by Gasteiger charge is 2.04. The Hall–Kier alpha value is -1.81. The second kappa shape index (κ2) is 3.51. The van der Waals surface area contributed by atoms with Gasteiger partial charge in [-0.15, -0.1) is 0 Å². The zero-order valence-electron chi connectivity index (χ0n) is 7.47. The summed E-state index contributed by atoms with van der Waals surface area (Å²) in [7, 11) is 0. The number of aromatic nitrogens is 1. The maximum absolute atomic E-state index is 9.08.